The first-order valence-corrected chi connectivity index (χ1v) is 8.43. The summed E-state index contributed by atoms with van der Waals surface area (Å²) in [5.41, 5.74) is 1.72. The van der Waals surface area contributed by atoms with Gasteiger partial charge in [-0.3, -0.25) is 4.79 Å². The molecular formula is C17H18ClN5O3. The van der Waals surface area contributed by atoms with Gasteiger partial charge in [0.2, 0.25) is 0 Å². The fourth-order valence-corrected chi connectivity index (χ4v) is 2.47. The van der Waals surface area contributed by atoms with Gasteiger partial charge in [0.25, 0.3) is 5.91 Å². The van der Waals surface area contributed by atoms with Crippen LogP contribution < -0.4 is 4.74 Å². The lowest BCUT2D eigenvalue weighted by Crippen LogP contribution is -2.32. The highest BCUT2D eigenvalue weighted by atomic mass is 35.5. The first-order valence-electron chi connectivity index (χ1n) is 8.06. The van der Waals surface area contributed by atoms with Crippen LogP contribution in [0, 0.1) is 6.92 Å². The summed E-state index contributed by atoms with van der Waals surface area (Å²) in [6.45, 7) is 4.61. The minimum absolute atomic E-state index is 0.109. The number of carbonyl (C=O) groups excluding carboxylic acids is 1. The maximum absolute atomic E-state index is 12.9. The third-order valence-corrected chi connectivity index (χ3v) is 4.11. The predicted octanol–water partition coefficient (Wildman–Crippen LogP) is 2.93. The minimum Gasteiger partial charge on any atom is -0.471 e. The van der Waals surface area contributed by atoms with Gasteiger partial charge in [-0.15, -0.1) is 0 Å². The monoisotopic (exact) mass is 375 g/mol. The van der Waals surface area contributed by atoms with Crippen molar-refractivity contribution in [2.24, 2.45) is 0 Å². The van der Waals surface area contributed by atoms with E-state index in [0.29, 0.717) is 40.9 Å². The van der Waals surface area contributed by atoms with E-state index in [9.17, 15) is 4.79 Å². The lowest BCUT2D eigenvalue weighted by atomic mass is 10.3. The van der Waals surface area contributed by atoms with Crippen LogP contribution in [0.25, 0.3) is 0 Å². The molecule has 1 aromatic carbocycles. The average molecular weight is 376 g/mol. The second-order valence-corrected chi connectivity index (χ2v) is 6.00. The van der Waals surface area contributed by atoms with Gasteiger partial charge >= 0.3 is 0 Å². The van der Waals surface area contributed by atoms with Crippen LogP contribution in [0.2, 0.25) is 5.02 Å². The molecule has 3 rings (SSSR count). The maximum Gasteiger partial charge on any atom is 0.272 e. The first-order chi connectivity index (χ1) is 12.6. The molecule has 0 aliphatic heterocycles. The third-order valence-electron chi connectivity index (χ3n) is 3.86. The first kappa shape index (κ1) is 17.9. The maximum atomic E-state index is 12.9. The molecular weight excluding hydrogens is 358 g/mol. The van der Waals surface area contributed by atoms with E-state index in [1.54, 1.807) is 48.4 Å². The number of benzene rings is 1. The largest absolute Gasteiger partial charge is 0.471 e. The number of aromatic nitrogens is 4. The molecule has 2 aromatic heterocycles. The van der Waals surface area contributed by atoms with Crippen LogP contribution in [-0.4, -0.2) is 37.4 Å². The van der Waals surface area contributed by atoms with Crippen molar-refractivity contribution >= 4 is 17.5 Å². The lowest BCUT2D eigenvalue weighted by molar-refractivity contribution is 0.0726. The Morgan fingerprint density at radius 2 is 2.04 bits per heavy atom. The summed E-state index contributed by atoms with van der Waals surface area (Å²) in [6, 6.07) is 8.64. The van der Waals surface area contributed by atoms with Crippen LogP contribution in [0.1, 0.15) is 28.8 Å². The Morgan fingerprint density at radius 1 is 1.27 bits per heavy atom. The van der Waals surface area contributed by atoms with Crippen molar-refractivity contribution in [3.05, 3.63) is 58.6 Å². The fourth-order valence-electron chi connectivity index (χ4n) is 2.35. The quantitative estimate of drug-likeness (QED) is 0.631. The van der Waals surface area contributed by atoms with E-state index < -0.39 is 0 Å². The number of ether oxygens (including phenoxy) is 1. The van der Waals surface area contributed by atoms with Crippen molar-refractivity contribution in [2.75, 3.05) is 6.54 Å². The predicted molar refractivity (Wildman–Crippen MR) is 93.8 cm³/mol. The molecule has 0 fully saturated rings. The van der Waals surface area contributed by atoms with Gasteiger partial charge in [0.05, 0.1) is 6.54 Å². The second kappa shape index (κ2) is 8.01. The standard InChI is InChI=1S/C17H18ClN5O3/c1-3-22(10-15-12(2)20-26-21-15)17(24)16-8-9-19-23(16)11-25-14-6-4-13(18)5-7-14/h4-9H,3,10-11H2,1-2H3. The Bertz CT molecular complexity index is 875. The topological polar surface area (TPSA) is 86.3 Å². The van der Waals surface area contributed by atoms with E-state index in [-0.39, 0.29) is 12.6 Å². The third kappa shape index (κ3) is 4.02. The number of nitrogens with zero attached hydrogens (tertiary/aromatic N) is 5. The highest BCUT2D eigenvalue weighted by Crippen LogP contribution is 2.16. The van der Waals surface area contributed by atoms with Crippen molar-refractivity contribution in [2.45, 2.75) is 27.1 Å². The van der Waals surface area contributed by atoms with Crippen LogP contribution >= 0.6 is 11.6 Å². The fraction of sp³-hybridized carbons (Fsp3) is 0.294. The summed E-state index contributed by atoms with van der Waals surface area (Å²) in [6.07, 6.45) is 1.56. The van der Waals surface area contributed by atoms with E-state index in [1.807, 2.05) is 6.92 Å². The number of halogens is 1. The van der Waals surface area contributed by atoms with Crippen molar-refractivity contribution in [3.8, 4) is 5.75 Å². The Balaban J connectivity index is 1.70. The molecule has 8 nitrogen and oxygen atoms in total. The SMILES string of the molecule is CCN(Cc1nonc1C)C(=O)c1ccnn1COc1ccc(Cl)cc1. The van der Waals surface area contributed by atoms with E-state index in [0.717, 1.165) is 0 Å². The van der Waals surface area contributed by atoms with Gasteiger partial charge < -0.3 is 9.64 Å². The molecule has 0 N–H and O–H groups in total. The van der Waals surface area contributed by atoms with Crippen LogP contribution in [0.4, 0.5) is 0 Å². The number of rotatable bonds is 7. The summed E-state index contributed by atoms with van der Waals surface area (Å²) in [4.78, 5) is 14.5. The molecule has 3 aromatic rings. The van der Waals surface area contributed by atoms with E-state index in [2.05, 4.69) is 15.4 Å². The minimum atomic E-state index is -0.174. The highest BCUT2D eigenvalue weighted by molar-refractivity contribution is 6.30. The molecule has 0 atom stereocenters. The normalized spacial score (nSPS) is 10.7. The van der Waals surface area contributed by atoms with Crippen LogP contribution in [0.5, 0.6) is 5.75 Å². The molecule has 0 aliphatic rings. The van der Waals surface area contributed by atoms with Gasteiger partial charge in [-0.25, -0.2) is 9.31 Å². The zero-order chi connectivity index (χ0) is 18.5. The number of hydrogen-bond acceptors (Lipinski definition) is 6. The second-order valence-electron chi connectivity index (χ2n) is 5.56. The Morgan fingerprint density at radius 3 is 2.69 bits per heavy atom. The highest BCUT2D eigenvalue weighted by Gasteiger charge is 2.21. The van der Waals surface area contributed by atoms with Crippen LogP contribution in [0.3, 0.4) is 0 Å². The molecule has 0 radical (unpaired) electrons. The Hall–Kier alpha value is -2.87. The summed E-state index contributed by atoms with van der Waals surface area (Å²) in [5.74, 6) is 0.465. The van der Waals surface area contributed by atoms with Crippen molar-refractivity contribution in [1.82, 2.24) is 25.0 Å². The Labute approximate surface area is 155 Å². The zero-order valence-electron chi connectivity index (χ0n) is 14.4. The Kier molecular flexibility index (Phi) is 5.52. The molecule has 26 heavy (non-hydrogen) atoms. The molecule has 0 saturated carbocycles. The smallest absolute Gasteiger partial charge is 0.272 e. The van der Waals surface area contributed by atoms with Crippen LogP contribution in [-0.2, 0) is 13.3 Å². The summed E-state index contributed by atoms with van der Waals surface area (Å²) >= 11 is 5.86. The zero-order valence-corrected chi connectivity index (χ0v) is 15.2. The molecule has 0 unspecified atom stereocenters. The molecule has 0 saturated heterocycles. The van der Waals surface area contributed by atoms with Gasteiger partial charge in [-0.1, -0.05) is 21.9 Å². The number of aryl methyl sites for hydroxylation is 1. The van der Waals surface area contributed by atoms with E-state index >= 15 is 0 Å². The molecule has 2 heterocycles. The average Bonchev–Trinajstić information content (AvgIpc) is 3.27. The van der Waals surface area contributed by atoms with Gasteiger partial charge in [-0.05, 0) is 44.2 Å². The van der Waals surface area contributed by atoms with Gasteiger partial charge in [0.15, 0.2) is 6.73 Å². The number of amides is 1. The molecule has 136 valence electrons. The number of carbonyl (C=O) groups is 1. The molecule has 0 spiro atoms. The lowest BCUT2D eigenvalue weighted by Gasteiger charge is -2.20. The van der Waals surface area contributed by atoms with E-state index in [1.165, 1.54) is 4.68 Å². The molecule has 1 amide bonds. The van der Waals surface area contributed by atoms with Gasteiger partial charge in [0, 0.05) is 17.8 Å². The van der Waals surface area contributed by atoms with Gasteiger partial charge in [-0.2, -0.15) is 5.10 Å². The molecule has 9 heteroatoms. The molecule has 0 bridgehead atoms. The molecule has 0 aliphatic carbocycles. The van der Waals surface area contributed by atoms with Crippen LogP contribution in [0.15, 0.2) is 41.2 Å². The van der Waals surface area contributed by atoms with Gasteiger partial charge in [0.1, 0.15) is 22.8 Å². The summed E-state index contributed by atoms with van der Waals surface area (Å²) < 4.78 is 11.9. The number of hydrogen-bond donors (Lipinski definition) is 0. The van der Waals surface area contributed by atoms with E-state index in [4.69, 9.17) is 21.0 Å². The van der Waals surface area contributed by atoms with Crippen molar-refractivity contribution in [1.29, 1.82) is 0 Å². The van der Waals surface area contributed by atoms with Crippen molar-refractivity contribution in [3.63, 3.8) is 0 Å². The van der Waals surface area contributed by atoms with Crippen molar-refractivity contribution < 1.29 is 14.2 Å². The summed E-state index contributed by atoms with van der Waals surface area (Å²) in [5, 5.41) is 12.4. The summed E-state index contributed by atoms with van der Waals surface area (Å²) in [7, 11) is 0.